The second-order valence-corrected chi connectivity index (χ2v) is 6.24. The Morgan fingerprint density at radius 3 is 2.41 bits per heavy atom. The topological polar surface area (TPSA) is 26.3 Å². The molecule has 0 atom stereocenters. The third kappa shape index (κ3) is 3.69. The summed E-state index contributed by atoms with van der Waals surface area (Å²) in [5.74, 6) is 0.851. The van der Waals surface area contributed by atoms with Crippen LogP contribution < -0.4 is 4.74 Å². The highest BCUT2D eigenvalue weighted by Crippen LogP contribution is 2.33. The van der Waals surface area contributed by atoms with Gasteiger partial charge in [0.2, 0.25) is 0 Å². The van der Waals surface area contributed by atoms with E-state index < -0.39 is 0 Å². The van der Waals surface area contributed by atoms with E-state index in [1.54, 1.807) is 24.3 Å². The molecule has 1 saturated carbocycles. The molecule has 2 aromatic rings. The Kier molecular flexibility index (Phi) is 4.79. The fraction of sp³-hybridized carbons (Fsp3) is 0.316. The lowest BCUT2D eigenvalue weighted by Gasteiger charge is -2.22. The van der Waals surface area contributed by atoms with Gasteiger partial charge in [0.25, 0.3) is 0 Å². The molecule has 2 nitrogen and oxygen atoms in total. The molecule has 1 aliphatic rings. The van der Waals surface area contributed by atoms with Crippen molar-refractivity contribution in [1.29, 1.82) is 0 Å². The Morgan fingerprint density at radius 2 is 1.73 bits per heavy atom. The standard InChI is InChI=1S/C19H19ClO2/c20-17-8-4-7-16(13-17)19(21)22-18-11-9-15(10-12-18)14-5-2-1-3-6-14/h4,7-14H,1-3,5-6H2. The molecule has 2 aromatic carbocycles. The molecule has 0 bridgehead atoms. The summed E-state index contributed by atoms with van der Waals surface area (Å²) < 4.78 is 5.40. The van der Waals surface area contributed by atoms with Crippen molar-refractivity contribution in [2.75, 3.05) is 0 Å². The zero-order valence-electron chi connectivity index (χ0n) is 12.4. The van der Waals surface area contributed by atoms with Gasteiger partial charge in [-0.3, -0.25) is 0 Å². The summed E-state index contributed by atoms with van der Waals surface area (Å²) in [6.07, 6.45) is 6.52. The summed E-state index contributed by atoms with van der Waals surface area (Å²) in [7, 11) is 0. The number of benzene rings is 2. The summed E-state index contributed by atoms with van der Waals surface area (Å²) in [5.41, 5.74) is 1.81. The van der Waals surface area contributed by atoms with Crippen molar-refractivity contribution in [3.8, 4) is 5.75 Å². The molecule has 22 heavy (non-hydrogen) atoms. The Bertz CT molecular complexity index is 643. The Morgan fingerprint density at radius 1 is 1.00 bits per heavy atom. The van der Waals surface area contributed by atoms with E-state index in [4.69, 9.17) is 16.3 Å². The highest BCUT2D eigenvalue weighted by molar-refractivity contribution is 6.30. The normalized spacial score (nSPS) is 15.5. The molecular weight excluding hydrogens is 296 g/mol. The van der Waals surface area contributed by atoms with Crippen molar-refractivity contribution >= 4 is 17.6 Å². The maximum Gasteiger partial charge on any atom is 0.343 e. The van der Waals surface area contributed by atoms with Crippen LogP contribution >= 0.6 is 11.6 Å². The minimum Gasteiger partial charge on any atom is -0.423 e. The van der Waals surface area contributed by atoms with Gasteiger partial charge < -0.3 is 4.74 Å². The lowest BCUT2D eigenvalue weighted by atomic mass is 9.84. The zero-order valence-corrected chi connectivity index (χ0v) is 13.2. The average molecular weight is 315 g/mol. The first-order valence-corrected chi connectivity index (χ1v) is 8.18. The van der Waals surface area contributed by atoms with Crippen LogP contribution in [0.2, 0.25) is 5.02 Å². The first-order chi connectivity index (χ1) is 10.7. The Balaban J connectivity index is 1.66. The highest BCUT2D eigenvalue weighted by atomic mass is 35.5. The van der Waals surface area contributed by atoms with Crippen LogP contribution in [-0.4, -0.2) is 5.97 Å². The second-order valence-electron chi connectivity index (χ2n) is 5.80. The largest absolute Gasteiger partial charge is 0.423 e. The monoisotopic (exact) mass is 314 g/mol. The minimum absolute atomic E-state index is 0.382. The first kappa shape index (κ1) is 15.1. The number of esters is 1. The molecule has 0 aromatic heterocycles. The zero-order chi connectivity index (χ0) is 15.4. The molecule has 0 radical (unpaired) electrons. The van der Waals surface area contributed by atoms with Crippen LogP contribution in [0, 0.1) is 0 Å². The number of hydrogen-bond acceptors (Lipinski definition) is 2. The quantitative estimate of drug-likeness (QED) is 0.544. The number of halogens is 1. The highest BCUT2D eigenvalue weighted by Gasteiger charge is 2.15. The lowest BCUT2D eigenvalue weighted by Crippen LogP contribution is -2.09. The van der Waals surface area contributed by atoms with Crippen molar-refractivity contribution in [2.24, 2.45) is 0 Å². The van der Waals surface area contributed by atoms with Crippen LogP contribution in [0.25, 0.3) is 0 Å². The number of carbonyl (C=O) groups excluding carboxylic acids is 1. The second kappa shape index (κ2) is 6.97. The third-order valence-electron chi connectivity index (χ3n) is 4.23. The SMILES string of the molecule is O=C(Oc1ccc(C2CCCCC2)cc1)c1cccc(Cl)c1. The summed E-state index contributed by atoms with van der Waals surface area (Å²) in [6.45, 7) is 0. The molecule has 0 unspecified atom stereocenters. The van der Waals surface area contributed by atoms with Gasteiger partial charge in [0.15, 0.2) is 0 Å². The summed E-state index contributed by atoms with van der Waals surface area (Å²) in [6, 6.07) is 14.7. The molecule has 0 saturated heterocycles. The van der Waals surface area contributed by atoms with E-state index in [2.05, 4.69) is 12.1 Å². The van der Waals surface area contributed by atoms with Crippen LogP contribution in [0.3, 0.4) is 0 Å². The number of ether oxygens (including phenoxy) is 1. The van der Waals surface area contributed by atoms with E-state index in [9.17, 15) is 4.79 Å². The average Bonchev–Trinajstić information content (AvgIpc) is 2.56. The fourth-order valence-electron chi connectivity index (χ4n) is 3.03. The molecule has 3 heteroatoms. The van der Waals surface area contributed by atoms with Crippen molar-refractivity contribution in [3.05, 3.63) is 64.7 Å². The Hall–Kier alpha value is -1.80. The van der Waals surface area contributed by atoms with Gasteiger partial charge in [-0.25, -0.2) is 4.79 Å². The molecule has 0 N–H and O–H groups in total. The van der Waals surface area contributed by atoms with E-state index in [-0.39, 0.29) is 5.97 Å². The van der Waals surface area contributed by atoms with Crippen LogP contribution in [0.4, 0.5) is 0 Å². The van der Waals surface area contributed by atoms with Gasteiger partial charge in [0.1, 0.15) is 5.75 Å². The summed E-state index contributed by atoms with van der Waals surface area (Å²) in [5, 5.41) is 0.530. The smallest absolute Gasteiger partial charge is 0.343 e. The molecule has 114 valence electrons. The van der Waals surface area contributed by atoms with Crippen LogP contribution in [0.15, 0.2) is 48.5 Å². The molecule has 0 aliphatic heterocycles. The molecule has 0 spiro atoms. The van der Waals surface area contributed by atoms with Crippen molar-refractivity contribution in [2.45, 2.75) is 38.0 Å². The maximum absolute atomic E-state index is 12.1. The van der Waals surface area contributed by atoms with Gasteiger partial charge in [0, 0.05) is 5.02 Å². The van der Waals surface area contributed by atoms with Crippen LogP contribution in [0.5, 0.6) is 5.75 Å². The lowest BCUT2D eigenvalue weighted by molar-refractivity contribution is 0.0734. The van der Waals surface area contributed by atoms with E-state index >= 15 is 0 Å². The first-order valence-electron chi connectivity index (χ1n) is 7.80. The van der Waals surface area contributed by atoms with E-state index in [0.717, 1.165) is 0 Å². The van der Waals surface area contributed by atoms with Gasteiger partial charge >= 0.3 is 5.97 Å². The van der Waals surface area contributed by atoms with Crippen molar-refractivity contribution in [1.82, 2.24) is 0 Å². The van der Waals surface area contributed by atoms with E-state index in [1.807, 2.05) is 12.1 Å². The van der Waals surface area contributed by atoms with Crippen LogP contribution in [-0.2, 0) is 0 Å². The summed E-state index contributed by atoms with van der Waals surface area (Å²) in [4.78, 5) is 12.1. The van der Waals surface area contributed by atoms with Gasteiger partial charge in [-0.15, -0.1) is 0 Å². The summed E-state index contributed by atoms with van der Waals surface area (Å²) >= 11 is 5.89. The Labute approximate surface area is 136 Å². The number of rotatable bonds is 3. The van der Waals surface area contributed by atoms with Gasteiger partial charge in [-0.05, 0) is 54.7 Å². The maximum atomic E-state index is 12.1. The van der Waals surface area contributed by atoms with Crippen molar-refractivity contribution < 1.29 is 9.53 Å². The third-order valence-corrected chi connectivity index (χ3v) is 4.46. The number of carbonyl (C=O) groups is 1. The molecule has 1 aliphatic carbocycles. The molecule has 0 heterocycles. The molecule has 0 amide bonds. The predicted octanol–water partition coefficient (Wildman–Crippen LogP) is 5.61. The number of hydrogen-bond donors (Lipinski definition) is 0. The van der Waals surface area contributed by atoms with E-state index in [0.29, 0.717) is 22.3 Å². The fourth-order valence-corrected chi connectivity index (χ4v) is 3.22. The van der Waals surface area contributed by atoms with Gasteiger partial charge in [-0.1, -0.05) is 49.1 Å². The van der Waals surface area contributed by atoms with Crippen molar-refractivity contribution in [3.63, 3.8) is 0 Å². The minimum atomic E-state index is -0.382. The van der Waals surface area contributed by atoms with Crippen LogP contribution in [0.1, 0.15) is 53.9 Å². The van der Waals surface area contributed by atoms with Gasteiger partial charge in [0.05, 0.1) is 5.56 Å². The molecule has 3 rings (SSSR count). The molecular formula is C19H19ClO2. The predicted molar refractivity (Wildman–Crippen MR) is 88.7 cm³/mol. The molecule has 1 fully saturated rings. The van der Waals surface area contributed by atoms with Gasteiger partial charge in [-0.2, -0.15) is 0 Å². The van der Waals surface area contributed by atoms with E-state index in [1.165, 1.54) is 37.7 Å².